The fourth-order valence-electron chi connectivity index (χ4n) is 3.59. The van der Waals surface area contributed by atoms with Crippen molar-refractivity contribution >= 4 is 23.4 Å². The molecular formula is C20H17FN2O3. The number of amides is 3. The van der Waals surface area contributed by atoms with Crippen LogP contribution in [0.2, 0.25) is 0 Å². The fourth-order valence-corrected chi connectivity index (χ4v) is 3.59. The summed E-state index contributed by atoms with van der Waals surface area (Å²) < 4.78 is 13.6. The summed E-state index contributed by atoms with van der Waals surface area (Å²) in [4.78, 5) is 40.1. The van der Waals surface area contributed by atoms with Crippen LogP contribution >= 0.6 is 0 Å². The van der Waals surface area contributed by atoms with E-state index in [2.05, 4.69) is 0 Å². The summed E-state index contributed by atoms with van der Waals surface area (Å²) >= 11 is 0. The highest BCUT2D eigenvalue weighted by Gasteiger charge is 2.35. The van der Waals surface area contributed by atoms with Crippen LogP contribution in [-0.2, 0) is 11.2 Å². The maximum absolute atomic E-state index is 13.6. The zero-order valence-corrected chi connectivity index (χ0v) is 14.1. The average molecular weight is 352 g/mol. The Hall–Kier alpha value is -3.02. The molecule has 0 bridgehead atoms. The minimum Gasteiger partial charge on any atom is -0.312 e. The molecule has 0 aliphatic carbocycles. The van der Waals surface area contributed by atoms with Crippen LogP contribution in [-0.4, -0.2) is 35.7 Å². The molecule has 0 unspecified atom stereocenters. The van der Waals surface area contributed by atoms with Crippen molar-refractivity contribution in [3.05, 3.63) is 65.0 Å². The predicted molar refractivity (Wildman–Crippen MR) is 93.5 cm³/mol. The number of anilines is 1. The third-order valence-corrected chi connectivity index (χ3v) is 4.89. The Morgan fingerprint density at radius 3 is 2.42 bits per heavy atom. The summed E-state index contributed by atoms with van der Waals surface area (Å²) in [6.45, 7) is 0.531. The Labute approximate surface area is 150 Å². The maximum Gasteiger partial charge on any atom is 0.261 e. The number of halogens is 1. The first-order chi connectivity index (χ1) is 12.6. The summed E-state index contributed by atoms with van der Waals surface area (Å²) in [7, 11) is 0. The predicted octanol–water partition coefficient (Wildman–Crippen LogP) is 2.79. The minimum absolute atomic E-state index is 0.0153. The van der Waals surface area contributed by atoms with Gasteiger partial charge in [-0.15, -0.1) is 0 Å². The van der Waals surface area contributed by atoms with Crippen LogP contribution in [0.1, 0.15) is 39.1 Å². The smallest absolute Gasteiger partial charge is 0.261 e. The van der Waals surface area contributed by atoms with E-state index >= 15 is 0 Å². The average Bonchev–Trinajstić information content (AvgIpc) is 2.90. The largest absolute Gasteiger partial charge is 0.312 e. The number of carbonyl (C=O) groups excluding carboxylic acids is 3. The maximum atomic E-state index is 13.6. The van der Waals surface area contributed by atoms with Gasteiger partial charge in [-0.2, -0.15) is 0 Å². The van der Waals surface area contributed by atoms with E-state index in [1.165, 1.54) is 12.1 Å². The van der Waals surface area contributed by atoms with Gasteiger partial charge in [-0.1, -0.05) is 18.2 Å². The third-order valence-electron chi connectivity index (χ3n) is 4.89. The van der Waals surface area contributed by atoms with Crippen molar-refractivity contribution in [2.45, 2.75) is 19.3 Å². The first-order valence-electron chi connectivity index (χ1n) is 8.60. The molecule has 2 heterocycles. The van der Waals surface area contributed by atoms with Crippen LogP contribution in [0.5, 0.6) is 0 Å². The lowest BCUT2D eigenvalue weighted by molar-refractivity contribution is -0.118. The number of aryl methyl sites for hydroxylation is 1. The van der Waals surface area contributed by atoms with Gasteiger partial charge in [0.2, 0.25) is 5.91 Å². The molecule has 2 aliphatic rings. The Balaban J connectivity index is 1.49. The zero-order chi connectivity index (χ0) is 18.3. The second-order valence-electron chi connectivity index (χ2n) is 6.48. The van der Waals surface area contributed by atoms with Crippen molar-refractivity contribution in [2.75, 3.05) is 18.0 Å². The van der Waals surface area contributed by atoms with Gasteiger partial charge in [0.1, 0.15) is 5.82 Å². The number of rotatable bonds is 3. The molecule has 6 heteroatoms. The van der Waals surface area contributed by atoms with Gasteiger partial charge in [0.15, 0.2) is 0 Å². The molecule has 0 spiro atoms. The molecule has 0 aromatic heterocycles. The van der Waals surface area contributed by atoms with E-state index in [1.54, 1.807) is 35.2 Å². The molecule has 26 heavy (non-hydrogen) atoms. The number of imide groups is 1. The Morgan fingerprint density at radius 1 is 1.04 bits per heavy atom. The fraction of sp³-hybridized carbons (Fsp3) is 0.250. The molecule has 2 aliphatic heterocycles. The van der Waals surface area contributed by atoms with Gasteiger partial charge in [0, 0.05) is 25.2 Å². The van der Waals surface area contributed by atoms with Crippen LogP contribution in [0.25, 0.3) is 0 Å². The normalized spacial score (nSPS) is 15.9. The highest BCUT2D eigenvalue weighted by atomic mass is 19.1. The Kier molecular flexibility index (Phi) is 4.03. The van der Waals surface area contributed by atoms with E-state index in [1.807, 2.05) is 0 Å². The topological polar surface area (TPSA) is 57.7 Å². The van der Waals surface area contributed by atoms with E-state index < -0.39 is 0 Å². The van der Waals surface area contributed by atoms with Gasteiger partial charge in [0.05, 0.1) is 11.1 Å². The van der Waals surface area contributed by atoms with E-state index in [9.17, 15) is 18.8 Å². The van der Waals surface area contributed by atoms with Crippen molar-refractivity contribution in [2.24, 2.45) is 0 Å². The second-order valence-corrected chi connectivity index (χ2v) is 6.48. The van der Waals surface area contributed by atoms with Crippen LogP contribution in [0.15, 0.2) is 42.5 Å². The number of hydrogen-bond acceptors (Lipinski definition) is 3. The Bertz CT molecular complexity index is 890. The SMILES string of the molecule is O=C1c2ccccc2C(=O)N1CCC(=O)N1CCCc2ccc(F)cc21. The highest BCUT2D eigenvalue weighted by molar-refractivity contribution is 6.21. The van der Waals surface area contributed by atoms with Crippen molar-refractivity contribution in [3.63, 3.8) is 0 Å². The molecule has 0 saturated carbocycles. The first-order valence-corrected chi connectivity index (χ1v) is 8.60. The third kappa shape index (κ3) is 2.67. The molecule has 2 aromatic carbocycles. The van der Waals surface area contributed by atoms with Gasteiger partial charge in [0.25, 0.3) is 11.8 Å². The second kappa shape index (κ2) is 6.37. The summed E-state index contributed by atoms with van der Waals surface area (Å²) in [5.41, 5.74) is 2.26. The molecule has 0 radical (unpaired) electrons. The number of carbonyl (C=O) groups is 3. The highest BCUT2D eigenvalue weighted by Crippen LogP contribution is 2.29. The molecule has 0 saturated heterocycles. The van der Waals surface area contributed by atoms with Crippen LogP contribution in [0, 0.1) is 5.82 Å². The number of benzene rings is 2. The quantitative estimate of drug-likeness (QED) is 0.798. The van der Waals surface area contributed by atoms with E-state index in [0.29, 0.717) is 23.4 Å². The summed E-state index contributed by atoms with van der Waals surface area (Å²) in [5.74, 6) is -1.34. The number of fused-ring (bicyclic) bond motifs is 2. The van der Waals surface area contributed by atoms with Gasteiger partial charge in [-0.05, 0) is 42.7 Å². The van der Waals surface area contributed by atoms with E-state index in [-0.39, 0.29) is 36.5 Å². The molecule has 132 valence electrons. The van der Waals surface area contributed by atoms with Gasteiger partial charge < -0.3 is 4.90 Å². The van der Waals surface area contributed by atoms with Crippen LogP contribution < -0.4 is 4.90 Å². The van der Waals surface area contributed by atoms with E-state index in [4.69, 9.17) is 0 Å². The van der Waals surface area contributed by atoms with Crippen molar-refractivity contribution in [3.8, 4) is 0 Å². The summed E-state index contributed by atoms with van der Waals surface area (Å²) in [5, 5.41) is 0. The lowest BCUT2D eigenvalue weighted by Gasteiger charge is -2.30. The molecule has 5 nitrogen and oxygen atoms in total. The Morgan fingerprint density at radius 2 is 1.73 bits per heavy atom. The molecule has 3 amide bonds. The first kappa shape index (κ1) is 16.4. The van der Waals surface area contributed by atoms with Gasteiger partial charge in [-0.3, -0.25) is 19.3 Å². The molecule has 0 atom stereocenters. The monoisotopic (exact) mass is 352 g/mol. The zero-order valence-electron chi connectivity index (χ0n) is 14.1. The van der Waals surface area contributed by atoms with Crippen LogP contribution in [0.4, 0.5) is 10.1 Å². The minimum atomic E-state index is -0.385. The van der Waals surface area contributed by atoms with Gasteiger partial charge in [-0.25, -0.2) is 4.39 Å². The standard InChI is InChI=1S/C20H17FN2O3/c21-14-8-7-13-4-3-10-22(17(13)12-14)18(24)9-11-23-19(25)15-5-1-2-6-16(15)20(23)26/h1-2,5-8,12H,3-4,9-11H2. The van der Waals surface area contributed by atoms with Crippen molar-refractivity contribution in [1.29, 1.82) is 0 Å². The summed E-state index contributed by atoms with van der Waals surface area (Å²) in [6.07, 6.45) is 1.62. The number of hydrogen-bond donors (Lipinski definition) is 0. The van der Waals surface area contributed by atoms with Crippen molar-refractivity contribution < 1.29 is 18.8 Å². The van der Waals surface area contributed by atoms with Crippen LogP contribution in [0.3, 0.4) is 0 Å². The molecule has 2 aromatic rings. The molecular weight excluding hydrogens is 335 g/mol. The molecule has 0 fully saturated rings. The number of nitrogens with zero attached hydrogens (tertiary/aromatic N) is 2. The molecule has 0 N–H and O–H groups in total. The van der Waals surface area contributed by atoms with Crippen molar-refractivity contribution in [1.82, 2.24) is 4.90 Å². The molecule has 4 rings (SSSR count). The van der Waals surface area contributed by atoms with E-state index in [0.717, 1.165) is 23.3 Å². The van der Waals surface area contributed by atoms with Gasteiger partial charge >= 0.3 is 0 Å². The lowest BCUT2D eigenvalue weighted by atomic mass is 10.0. The summed E-state index contributed by atoms with van der Waals surface area (Å²) in [6, 6.07) is 11.1. The lowest BCUT2D eigenvalue weighted by Crippen LogP contribution is -2.39.